The lowest BCUT2D eigenvalue weighted by atomic mass is 10.0. The fourth-order valence-electron chi connectivity index (χ4n) is 3.00. The van der Waals surface area contributed by atoms with E-state index in [1.807, 2.05) is 63.5 Å². The average molecular weight is 344 g/mol. The second-order valence-corrected chi connectivity index (χ2v) is 6.54. The maximum absolute atomic E-state index is 5.80. The first-order chi connectivity index (χ1) is 12.6. The molecule has 5 nitrogen and oxygen atoms in total. The van der Waals surface area contributed by atoms with Crippen molar-refractivity contribution in [2.75, 3.05) is 0 Å². The van der Waals surface area contributed by atoms with Crippen LogP contribution in [-0.2, 0) is 0 Å². The van der Waals surface area contributed by atoms with Crippen LogP contribution in [0.4, 0.5) is 0 Å². The molecule has 0 fully saturated rings. The number of aromatic amines is 1. The number of H-pyrrole nitrogens is 1. The minimum atomic E-state index is 0.101. The fraction of sp³-hybridized carbons (Fsp3) is 0.190. The van der Waals surface area contributed by atoms with Crippen molar-refractivity contribution >= 4 is 11.0 Å². The van der Waals surface area contributed by atoms with E-state index < -0.39 is 0 Å². The van der Waals surface area contributed by atoms with Crippen LogP contribution in [0.2, 0.25) is 0 Å². The van der Waals surface area contributed by atoms with E-state index in [-0.39, 0.29) is 6.10 Å². The smallest absolute Gasteiger partial charge is 0.138 e. The second-order valence-electron chi connectivity index (χ2n) is 6.54. The largest absolute Gasteiger partial charge is 0.489 e. The molecule has 0 amide bonds. The first-order valence-corrected chi connectivity index (χ1v) is 8.64. The summed E-state index contributed by atoms with van der Waals surface area (Å²) in [6.07, 6.45) is 5.59. The SMILES string of the molecule is Cc1cccc(-c2cc(-c3cncc(OC(C)C)c3)c3cc[nH]c3n2)n1. The summed E-state index contributed by atoms with van der Waals surface area (Å²) in [7, 11) is 0. The van der Waals surface area contributed by atoms with Crippen LogP contribution in [0.15, 0.2) is 55.0 Å². The molecule has 0 unspecified atom stereocenters. The van der Waals surface area contributed by atoms with Gasteiger partial charge in [-0.2, -0.15) is 0 Å². The van der Waals surface area contributed by atoms with E-state index in [9.17, 15) is 0 Å². The number of ether oxygens (including phenoxy) is 1. The van der Waals surface area contributed by atoms with Gasteiger partial charge in [0, 0.05) is 29.0 Å². The lowest BCUT2D eigenvalue weighted by molar-refractivity contribution is 0.241. The lowest BCUT2D eigenvalue weighted by Crippen LogP contribution is -2.05. The van der Waals surface area contributed by atoms with E-state index >= 15 is 0 Å². The summed E-state index contributed by atoms with van der Waals surface area (Å²) < 4.78 is 5.80. The van der Waals surface area contributed by atoms with Crippen molar-refractivity contribution in [3.05, 3.63) is 60.7 Å². The molecule has 0 aliphatic carbocycles. The summed E-state index contributed by atoms with van der Waals surface area (Å²) in [4.78, 5) is 16.9. The van der Waals surface area contributed by atoms with Gasteiger partial charge in [-0.15, -0.1) is 0 Å². The zero-order valence-corrected chi connectivity index (χ0v) is 15.0. The third kappa shape index (κ3) is 3.16. The molecule has 0 saturated carbocycles. The van der Waals surface area contributed by atoms with E-state index in [0.29, 0.717) is 0 Å². The summed E-state index contributed by atoms with van der Waals surface area (Å²) >= 11 is 0. The van der Waals surface area contributed by atoms with Crippen LogP contribution in [0.1, 0.15) is 19.5 Å². The van der Waals surface area contributed by atoms with Crippen LogP contribution >= 0.6 is 0 Å². The Morgan fingerprint density at radius 2 is 1.88 bits per heavy atom. The molecular formula is C21H20N4O. The Morgan fingerprint density at radius 3 is 2.69 bits per heavy atom. The first-order valence-electron chi connectivity index (χ1n) is 8.64. The number of aromatic nitrogens is 4. The molecule has 0 aliphatic heterocycles. The number of pyridine rings is 3. The van der Waals surface area contributed by atoms with Crippen LogP contribution in [0, 0.1) is 6.92 Å². The summed E-state index contributed by atoms with van der Waals surface area (Å²) in [5, 5.41) is 1.05. The number of hydrogen-bond acceptors (Lipinski definition) is 4. The van der Waals surface area contributed by atoms with Crippen molar-refractivity contribution in [3.8, 4) is 28.3 Å². The molecule has 0 radical (unpaired) electrons. The fourth-order valence-corrected chi connectivity index (χ4v) is 3.00. The molecule has 5 heteroatoms. The molecule has 26 heavy (non-hydrogen) atoms. The summed E-state index contributed by atoms with van der Waals surface area (Å²) in [5.41, 5.74) is 5.52. The van der Waals surface area contributed by atoms with E-state index in [1.54, 1.807) is 6.20 Å². The van der Waals surface area contributed by atoms with Gasteiger partial charge in [-0.1, -0.05) is 6.07 Å². The van der Waals surface area contributed by atoms with Gasteiger partial charge in [-0.3, -0.25) is 9.97 Å². The van der Waals surface area contributed by atoms with Crippen molar-refractivity contribution in [3.63, 3.8) is 0 Å². The molecule has 0 spiro atoms. The number of hydrogen-bond donors (Lipinski definition) is 1. The van der Waals surface area contributed by atoms with Gasteiger partial charge in [-0.05, 0) is 56.7 Å². The van der Waals surface area contributed by atoms with Gasteiger partial charge in [0.2, 0.25) is 0 Å². The highest BCUT2D eigenvalue weighted by Crippen LogP contribution is 2.32. The normalized spacial score (nSPS) is 11.2. The monoisotopic (exact) mass is 344 g/mol. The topological polar surface area (TPSA) is 63.7 Å². The lowest BCUT2D eigenvalue weighted by Gasteiger charge is -2.12. The zero-order chi connectivity index (χ0) is 18.1. The minimum absolute atomic E-state index is 0.101. The van der Waals surface area contributed by atoms with Crippen molar-refractivity contribution in [1.29, 1.82) is 0 Å². The quantitative estimate of drug-likeness (QED) is 0.578. The molecule has 0 atom stereocenters. The summed E-state index contributed by atoms with van der Waals surface area (Å²) in [5.74, 6) is 0.758. The Balaban J connectivity index is 1.88. The average Bonchev–Trinajstić information content (AvgIpc) is 3.09. The van der Waals surface area contributed by atoms with Crippen molar-refractivity contribution in [1.82, 2.24) is 19.9 Å². The van der Waals surface area contributed by atoms with E-state index in [0.717, 1.165) is 45.0 Å². The van der Waals surface area contributed by atoms with Crippen molar-refractivity contribution in [2.24, 2.45) is 0 Å². The molecular weight excluding hydrogens is 324 g/mol. The van der Waals surface area contributed by atoms with Crippen LogP contribution in [0.5, 0.6) is 5.75 Å². The van der Waals surface area contributed by atoms with Crippen LogP contribution in [0.25, 0.3) is 33.5 Å². The van der Waals surface area contributed by atoms with E-state index in [4.69, 9.17) is 9.72 Å². The Hall–Kier alpha value is -3.21. The molecule has 0 saturated heterocycles. The Bertz CT molecular complexity index is 1070. The third-order valence-corrected chi connectivity index (χ3v) is 4.08. The maximum Gasteiger partial charge on any atom is 0.138 e. The highest BCUT2D eigenvalue weighted by Gasteiger charge is 2.12. The van der Waals surface area contributed by atoms with Gasteiger partial charge < -0.3 is 9.72 Å². The molecule has 1 N–H and O–H groups in total. The molecule has 4 rings (SSSR count). The molecule has 4 aromatic rings. The molecule has 4 heterocycles. The predicted octanol–water partition coefficient (Wildman–Crippen LogP) is 4.78. The summed E-state index contributed by atoms with van der Waals surface area (Å²) in [6.45, 7) is 5.99. The first kappa shape index (κ1) is 16.3. The Labute approximate surface area is 152 Å². The maximum atomic E-state index is 5.80. The predicted molar refractivity (Wildman–Crippen MR) is 103 cm³/mol. The number of nitrogens with zero attached hydrogens (tertiary/aromatic N) is 3. The molecule has 4 aromatic heterocycles. The van der Waals surface area contributed by atoms with Gasteiger partial charge in [0.05, 0.1) is 23.7 Å². The summed E-state index contributed by atoms with van der Waals surface area (Å²) in [6, 6.07) is 12.1. The number of nitrogens with one attached hydrogen (secondary N) is 1. The van der Waals surface area contributed by atoms with Gasteiger partial charge in [0.25, 0.3) is 0 Å². The van der Waals surface area contributed by atoms with Crippen LogP contribution in [0.3, 0.4) is 0 Å². The second kappa shape index (κ2) is 6.59. The third-order valence-electron chi connectivity index (χ3n) is 4.08. The Morgan fingerprint density at radius 1 is 1.00 bits per heavy atom. The van der Waals surface area contributed by atoms with Gasteiger partial charge in [0.1, 0.15) is 11.4 Å². The standard InChI is InChI=1S/C21H20N4O/c1-13(2)26-16-9-15(11-22-12-16)18-10-20(19-6-4-5-14(3)24-19)25-21-17(18)7-8-23-21/h4-13H,1-3H3,(H,23,25). The minimum Gasteiger partial charge on any atom is -0.489 e. The van der Waals surface area contributed by atoms with Gasteiger partial charge >= 0.3 is 0 Å². The van der Waals surface area contributed by atoms with Gasteiger partial charge in [-0.25, -0.2) is 4.98 Å². The van der Waals surface area contributed by atoms with Crippen LogP contribution < -0.4 is 4.74 Å². The van der Waals surface area contributed by atoms with E-state index in [2.05, 4.69) is 21.0 Å². The molecule has 0 aromatic carbocycles. The number of rotatable bonds is 4. The zero-order valence-electron chi connectivity index (χ0n) is 15.0. The Kier molecular flexibility index (Phi) is 4.13. The van der Waals surface area contributed by atoms with E-state index in [1.165, 1.54) is 0 Å². The number of aryl methyl sites for hydroxylation is 1. The molecule has 130 valence electrons. The van der Waals surface area contributed by atoms with Gasteiger partial charge in [0.15, 0.2) is 0 Å². The van der Waals surface area contributed by atoms with Crippen LogP contribution in [-0.4, -0.2) is 26.0 Å². The van der Waals surface area contributed by atoms with Crippen molar-refractivity contribution in [2.45, 2.75) is 26.9 Å². The molecule has 0 bridgehead atoms. The molecule has 0 aliphatic rings. The van der Waals surface area contributed by atoms with Crippen molar-refractivity contribution < 1.29 is 4.74 Å². The highest BCUT2D eigenvalue weighted by atomic mass is 16.5. The highest BCUT2D eigenvalue weighted by molar-refractivity contribution is 5.95. The number of fused-ring (bicyclic) bond motifs is 1.